The summed E-state index contributed by atoms with van der Waals surface area (Å²) < 4.78 is 7.48. The van der Waals surface area contributed by atoms with Crippen LogP contribution in [0.2, 0.25) is 0 Å². The molecule has 0 spiro atoms. The summed E-state index contributed by atoms with van der Waals surface area (Å²) in [5.41, 5.74) is 8.28. The van der Waals surface area contributed by atoms with Gasteiger partial charge in [0.05, 0.1) is 22.5 Å². The van der Waals surface area contributed by atoms with Gasteiger partial charge < -0.3 is 15.0 Å². The number of aromatic nitrogens is 4. The highest BCUT2D eigenvalue weighted by atomic mass is 32.1. The largest absolute Gasteiger partial charge is 0.493 e. The zero-order valence-electron chi connectivity index (χ0n) is 29.5. The summed E-state index contributed by atoms with van der Waals surface area (Å²) in [5, 5.41) is 14.6. The minimum absolute atomic E-state index is 0.430. The number of thiazole rings is 2. The van der Waals surface area contributed by atoms with Gasteiger partial charge in [-0.1, -0.05) is 48.4 Å². The van der Waals surface area contributed by atoms with Crippen LogP contribution in [-0.4, -0.2) is 33.3 Å². The molecule has 258 valence electrons. The maximum absolute atomic E-state index is 6.32. The first-order valence-corrected chi connectivity index (χ1v) is 19.9. The van der Waals surface area contributed by atoms with E-state index in [1.807, 2.05) is 18.2 Å². The van der Waals surface area contributed by atoms with E-state index >= 15 is 0 Å². The molecule has 0 atom stereocenters. The van der Waals surface area contributed by atoms with E-state index in [2.05, 4.69) is 66.3 Å². The van der Waals surface area contributed by atoms with Gasteiger partial charge >= 0.3 is 0 Å². The van der Waals surface area contributed by atoms with Gasteiger partial charge in [0.25, 0.3) is 0 Å². The van der Waals surface area contributed by atoms with E-state index in [0.29, 0.717) is 17.4 Å². The Bertz CT molecular complexity index is 2020. The first-order valence-electron chi connectivity index (χ1n) is 18.3. The zero-order chi connectivity index (χ0) is 34.3. The number of hydrogen-bond acceptors (Lipinski definition) is 9. The molecule has 3 saturated carbocycles. The highest BCUT2D eigenvalue weighted by Gasteiger charge is 2.67. The molecule has 4 heterocycles. The molecule has 7 nitrogen and oxygen atoms in total. The lowest BCUT2D eigenvalue weighted by atomic mass is 9.32. The molecule has 1 N–H and O–H groups in total. The number of anilines is 4. The third-order valence-electron chi connectivity index (χ3n) is 11.3. The summed E-state index contributed by atoms with van der Waals surface area (Å²) in [6, 6.07) is 15.1. The third kappa shape index (κ3) is 6.26. The Morgan fingerprint density at radius 3 is 2.66 bits per heavy atom. The number of nitrogens with zero attached hydrogens (tertiary/aromatic N) is 5. The zero-order valence-corrected chi connectivity index (χ0v) is 31.1. The lowest BCUT2D eigenvalue weighted by Crippen LogP contribution is -2.64. The molecule has 1 aliphatic heterocycles. The molecule has 0 unspecified atom stereocenters. The Balaban J connectivity index is 0.849. The van der Waals surface area contributed by atoms with Crippen LogP contribution < -0.4 is 15.0 Å². The van der Waals surface area contributed by atoms with E-state index in [-0.39, 0.29) is 0 Å². The monoisotopic (exact) mass is 702 g/mol. The van der Waals surface area contributed by atoms with Crippen molar-refractivity contribution in [3.8, 4) is 18.1 Å². The summed E-state index contributed by atoms with van der Waals surface area (Å²) in [6.45, 7) is 8.05. The Labute approximate surface area is 303 Å². The molecule has 5 aromatic rings. The molecule has 9 rings (SSSR count). The summed E-state index contributed by atoms with van der Waals surface area (Å²) in [4.78, 5) is 13.3. The third-order valence-corrected chi connectivity index (χ3v) is 13.5. The molecule has 0 amide bonds. The average molecular weight is 703 g/mol. The Hall–Kier alpha value is -4.00. The fourth-order valence-electron chi connectivity index (χ4n) is 8.70. The van der Waals surface area contributed by atoms with Crippen LogP contribution in [0.5, 0.6) is 5.75 Å². The molecule has 9 heteroatoms. The van der Waals surface area contributed by atoms with Crippen molar-refractivity contribution in [1.82, 2.24) is 20.2 Å². The predicted octanol–water partition coefficient (Wildman–Crippen LogP) is 10.3. The van der Waals surface area contributed by atoms with Gasteiger partial charge in [0, 0.05) is 29.0 Å². The molecule has 3 aromatic heterocycles. The summed E-state index contributed by atoms with van der Waals surface area (Å²) in [5.74, 6) is 5.49. The van der Waals surface area contributed by atoms with Crippen LogP contribution in [0.3, 0.4) is 0 Å². The van der Waals surface area contributed by atoms with E-state index in [1.165, 1.54) is 66.5 Å². The normalized spacial score (nSPS) is 20.6. The van der Waals surface area contributed by atoms with Gasteiger partial charge in [0.1, 0.15) is 5.75 Å². The van der Waals surface area contributed by atoms with E-state index in [9.17, 15) is 0 Å². The number of nitrogens with one attached hydrogen (secondary N) is 1. The number of rotatable bonds is 14. The maximum atomic E-state index is 6.32. The second kappa shape index (κ2) is 13.6. The maximum Gasteiger partial charge on any atom is 0.191 e. The van der Waals surface area contributed by atoms with Crippen LogP contribution in [0.25, 0.3) is 10.2 Å². The van der Waals surface area contributed by atoms with Crippen LogP contribution in [-0.2, 0) is 18.3 Å². The number of unbranched alkanes of at least 4 members (excludes halogenated alkanes) is 3. The van der Waals surface area contributed by atoms with Crippen molar-refractivity contribution in [2.45, 2.75) is 103 Å². The van der Waals surface area contributed by atoms with Crippen molar-refractivity contribution in [3.05, 3.63) is 75.3 Å². The van der Waals surface area contributed by atoms with Gasteiger partial charge in [-0.2, -0.15) is 0 Å². The fraction of sp³-hybridized carbons (Fsp3) is 0.463. The number of aryl methyl sites for hydroxylation is 3. The summed E-state index contributed by atoms with van der Waals surface area (Å²) in [6.07, 6.45) is 19.5. The second-order valence-electron chi connectivity index (χ2n) is 14.9. The van der Waals surface area contributed by atoms with Crippen LogP contribution in [0.1, 0.15) is 97.0 Å². The van der Waals surface area contributed by atoms with Gasteiger partial charge in [-0.25, -0.2) is 9.97 Å². The molecule has 4 aliphatic rings. The number of terminal acetylenes is 1. The van der Waals surface area contributed by atoms with Crippen molar-refractivity contribution in [3.63, 3.8) is 0 Å². The molecule has 2 aromatic carbocycles. The standard InChI is InChI=1S/C41H46N6OS2/c1-5-6-7-8-11-20-40-24-41(25-40,26-40)30-18-19-33(27(2)23-30)48-22-13-17-34-29(4)42-39(50-34)47-21-12-14-31-28(3)36(45-46-37(31)47)44-38-43-32-15-9-10-16-35(32)49-38/h1,9-10,15-16,18-19,23H,6-8,11-14,17,20-22,24-26H2,2-4H3,(H,43,44,45). The molecule has 0 saturated heterocycles. The number of para-hydroxylation sites is 1. The Morgan fingerprint density at radius 1 is 0.980 bits per heavy atom. The highest BCUT2D eigenvalue weighted by molar-refractivity contribution is 7.22. The summed E-state index contributed by atoms with van der Waals surface area (Å²) >= 11 is 3.41. The minimum Gasteiger partial charge on any atom is -0.493 e. The predicted molar refractivity (Wildman–Crippen MR) is 207 cm³/mol. The van der Waals surface area contributed by atoms with Crippen LogP contribution in [0.15, 0.2) is 42.5 Å². The van der Waals surface area contributed by atoms with Gasteiger partial charge in [-0.3, -0.25) is 0 Å². The van der Waals surface area contributed by atoms with Crippen LogP contribution >= 0.6 is 22.7 Å². The molecule has 2 bridgehead atoms. The first-order chi connectivity index (χ1) is 24.4. The van der Waals surface area contributed by atoms with Crippen LogP contribution in [0, 0.1) is 38.5 Å². The Kier molecular flexibility index (Phi) is 9.03. The average Bonchev–Trinajstić information content (AvgIpc) is 3.67. The van der Waals surface area contributed by atoms with Crippen LogP contribution in [0.4, 0.5) is 21.9 Å². The van der Waals surface area contributed by atoms with Gasteiger partial charge in [0.2, 0.25) is 0 Å². The van der Waals surface area contributed by atoms with Crippen molar-refractivity contribution < 1.29 is 4.74 Å². The van der Waals surface area contributed by atoms with Crippen molar-refractivity contribution >= 4 is 54.8 Å². The number of benzene rings is 2. The second-order valence-corrected chi connectivity index (χ2v) is 16.9. The van der Waals surface area contributed by atoms with E-state index in [4.69, 9.17) is 26.2 Å². The SMILES string of the molecule is C#CCCCCCC12CC(c3ccc(OCCCc4sc(N5CCCc6c5nnc(Nc5nc7ccccc7s5)c6C)nc4C)c(C)c3)(C1)C2. The topological polar surface area (TPSA) is 76.1 Å². The van der Waals surface area contributed by atoms with Gasteiger partial charge in [-0.15, -0.1) is 33.9 Å². The molecule has 0 radical (unpaired) electrons. The first kappa shape index (κ1) is 33.2. The Morgan fingerprint density at radius 2 is 1.84 bits per heavy atom. The molecular formula is C41H46N6OS2. The van der Waals surface area contributed by atoms with E-state index in [1.54, 1.807) is 22.7 Å². The molecular weight excluding hydrogens is 657 g/mol. The molecule has 3 fully saturated rings. The van der Waals surface area contributed by atoms with Crippen molar-refractivity contribution in [2.24, 2.45) is 5.41 Å². The van der Waals surface area contributed by atoms with E-state index < -0.39 is 0 Å². The fourth-order valence-corrected chi connectivity index (χ4v) is 10.7. The van der Waals surface area contributed by atoms with Crippen molar-refractivity contribution in [1.29, 1.82) is 0 Å². The minimum atomic E-state index is 0.430. The van der Waals surface area contributed by atoms with E-state index in [0.717, 1.165) is 87.8 Å². The number of hydrogen-bond donors (Lipinski definition) is 1. The van der Waals surface area contributed by atoms with Crippen molar-refractivity contribution in [2.75, 3.05) is 23.4 Å². The smallest absolute Gasteiger partial charge is 0.191 e. The van der Waals surface area contributed by atoms with Gasteiger partial charge in [-0.05, 0) is 119 Å². The lowest BCUT2D eigenvalue weighted by Gasteiger charge is -2.72. The lowest BCUT2D eigenvalue weighted by molar-refractivity contribution is -0.147. The molecule has 50 heavy (non-hydrogen) atoms. The summed E-state index contributed by atoms with van der Waals surface area (Å²) in [7, 11) is 0. The number of ether oxygens (including phenoxy) is 1. The van der Waals surface area contributed by atoms with Gasteiger partial charge in [0.15, 0.2) is 21.9 Å². The quantitative estimate of drug-likeness (QED) is 0.0912. The number of fused-ring (bicyclic) bond motifs is 2. The highest BCUT2D eigenvalue weighted by Crippen LogP contribution is 2.75. The molecule has 3 aliphatic carbocycles.